The van der Waals surface area contributed by atoms with E-state index in [0.29, 0.717) is 24.5 Å². The zero-order valence-electron chi connectivity index (χ0n) is 15.1. The zero-order valence-corrected chi connectivity index (χ0v) is 15.1. The number of carbonyl (C=O) groups excluding carboxylic acids is 2. The van der Waals surface area contributed by atoms with Gasteiger partial charge in [0.1, 0.15) is 0 Å². The lowest BCUT2D eigenvalue weighted by atomic mass is 10.2. The molecule has 1 aromatic heterocycles. The maximum absolute atomic E-state index is 12.1. The second kappa shape index (κ2) is 9.09. The fourth-order valence-corrected chi connectivity index (χ4v) is 2.67. The standard InChI is InChI=1S/C19H22N4O4/c1-2-26-19(25)13-5-7-14(8-6-13)21-17-10-9-16(22-23-17)18(24)20-12-15-4-3-11-27-15/h5-10,15H,2-4,11-12H2,1H3,(H,20,24)(H,21,23). The minimum atomic E-state index is -0.359. The third kappa shape index (κ3) is 5.24. The van der Waals surface area contributed by atoms with E-state index in [9.17, 15) is 9.59 Å². The Bertz CT molecular complexity index is 771. The summed E-state index contributed by atoms with van der Waals surface area (Å²) in [7, 11) is 0. The van der Waals surface area contributed by atoms with Crippen LogP contribution in [-0.2, 0) is 9.47 Å². The summed E-state index contributed by atoms with van der Waals surface area (Å²) in [5, 5.41) is 13.8. The molecule has 1 amide bonds. The van der Waals surface area contributed by atoms with Gasteiger partial charge in [-0.1, -0.05) is 0 Å². The Morgan fingerprint density at radius 3 is 2.63 bits per heavy atom. The first-order chi connectivity index (χ1) is 13.2. The monoisotopic (exact) mass is 370 g/mol. The molecule has 1 aliphatic heterocycles. The van der Waals surface area contributed by atoms with Gasteiger partial charge >= 0.3 is 5.97 Å². The molecule has 2 heterocycles. The number of hydrogen-bond acceptors (Lipinski definition) is 7. The van der Waals surface area contributed by atoms with Gasteiger partial charge < -0.3 is 20.1 Å². The number of ether oxygens (including phenoxy) is 2. The Morgan fingerprint density at radius 2 is 2.00 bits per heavy atom. The third-order valence-electron chi connectivity index (χ3n) is 4.08. The molecule has 0 radical (unpaired) electrons. The Morgan fingerprint density at radius 1 is 1.19 bits per heavy atom. The molecular formula is C19H22N4O4. The van der Waals surface area contributed by atoms with Crippen LogP contribution in [0.15, 0.2) is 36.4 Å². The van der Waals surface area contributed by atoms with Crippen LogP contribution in [0.5, 0.6) is 0 Å². The lowest BCUT2D eigenvalue weighted by molar-refractivity contribution is 0.0526. The topological polar surface area (TPSA) is 102 Å². The number of rotatable bonds is 7. The first-order valence-corrected chi connectivity index (χ1v) is 8.93. The molecule has 8 heteroatoms. The van der Waals surface area contributed by atoms with Crippen molar-refractivity contribution in [1.29, 1.82) is 0 Å². The van der Waals surface area contributed by atoms with Crippen LogP contribution in [0.1, 0.15) is 40.6 Å². The van der Waals surface area contributed by atoms with E-state index in [4.69, 9.17) is 9.47 Å². The molecule has 2 aromatic rings. The van der Waals surface area contributed by atoms with Crippen molar-refractivity contribution >= 4 is 23.4 Å². The smallest absolute Gasteiger partial charge is 0.338 e. The summed E-state index contributed by atoms with van der Waals surface area (Å²) in [6, 6.07) is 10.1. The Balaban J connectivity index is 1.53. The van der Waals surface area contributed by atoms with Crippen LogP contribution in [0.4, 0.5) is 11.5 Å². The maximum Gasteiger partial charge on any atom is 0.338 e. The van der Waals surface area contributed by atoms with Crippen LogP contribution in [0.3, 0.4) is 0 Å². The first kappa shape index (κ1) is 18.8. The molecule has 142 valence electrons. The molecule has 27 heavy (non-hydrogen) atoms. The van der Waals surface area contributed by atoms with E-state index in [1.165, 1.54) is 0 Å². The summed E-state index contributed by atoms with van der Waals surface area (Å²) < 4.78 is 10.4. The highest BCUT2D eigenvalue weighted by molar-refractivity contribution is 5.92. The van der Waals surface area contributed by atoms with Crippen molar-refractivity contribution in [3.63, 3.8) is 0 Å². The summed E-state index contributed by atoms with van der Waals surface area (Å²) >= 11 is 0. The van der Waals surface area contributed by atoms with Crippen LogP contribution in [0.25, 0.3) is 0 Å². The second-order valence-electron chi connectivity index (χ2n) is 6.07. The summed E-state index contributed by atoms with van der Waals surface area (Å²) in [6.07, 6.45) is 2.08. The van der Waals surface area contributed by atoms with Gasteiger partial charge in [-0.2, -0.15) is 0 Å². The predicted octanol–water partition coefficient (Wildman–Crippen LogP) is 2.31. The minimum absolute atomic E-state index is 0.0837. The molecule has 1 aliphatic rings. The lowest BCUT2D eigenvalue weighted by Gasteiger charge is -2.10. The van der Waals surface area contributed by atoms with Crippen molar-refractivity contribution in [3.05, 3.63) is 47.7 Å². The summed E-state index contributed by atoms with van der Waals surface area (Å²) in [5.74, 6) is -0.139. The molecule has 1 fully saturated rings. The molecule has 1 saturated heterocycles. The SMILES string of the molecule is CCOC(=O)c1ccc(Nc2ccc(C(=O)NCC3CCCO3)nn2)cc1. The van der Waals surface area contributed by atoms with Gasteiger partial charge in [0.25, 0.3) is 5.91 Å². The van der Waals surface area contributed by atoms with Crippen LogP contribution >= 0.6 is 0 Å². The molecular weight excluding hydrogens is 348 g/mol. The molecule has 1 unspecified atom stereocenters. The zero-order chi connectivity index (χ0) is 19.1. The van der Waals surface area contributed by atoms with Crippen molar-refractivity contribution in [1.82, 2.24) is 15.5 Å². The normalized spacial score (nSPS) is 16.0. The molecule has 0 aliphatic carbocycles. The van der Waals surface area contributed by atoms with Gasteiger partial charge in [0, 0.05) is 18.8 Å². The summed E-state index contributed by atoms with van der Waals surface area (Å²) in [5.41, 5.74) is 1.47. The average molecular weight is 370 g/mol. The lowest BCUT2D eigenvalue weighted by Crippen LogP contribution is -2.32. The van der Waals surface area contributed by atoms with Gasteiger partial charge in [-0.3, -0.25) is 4.79 Å². The van der Waals surface area contributed by atoms with Crippen molar-refractivity contribution in [2.24, 2.45) is 0 Å². The molecule has 1 atom stereocenters. The third-order valence-corrected chi connectivity index (χ3v) is 4.08. The first-order valence-electron chi connectivity index (χ1n) is 8.93. The number of hydrogen-bond donors (Lipinski definition) is 2. The summed E-state index contributed by atoms with van der Waals surface area (Å²) in [6.45, 7) is 3.33. The van der Waals surface area contributed by atoms with E-state index in [-0.39, 0.29) is 23.7 Å². The van der Waals surface area contributed by atoms with Crippen LogP contribution in [0, 0.1) is 0 Å². The van der Waals surface area contributed by atoms with Crippen LogP contribution < -0.4 is 10.6 Å². The van der Waals surface area contributed by atoms with E-state index >= 15 is 0 Å². The second-order valence-corrected chi connectivity index (χ2v) is 6.07. The Labute approximate surface area is 157 Å². The van der Waals surface area contributed by atoms with Crippen molar-refractivity contribution in [2.45, 2.75) is 25.9 Å². The highest BCUT2D eigenvalue weighted by atomic mass is 16.5. The molecule has 0 saturated carbocycles. The summed E-state index contributed by atoms with van der Waals surface area (Å²) in [4.78, 5) is 23.7. The van der Waals surface area contributed by atoms with Crippen molar-refractivity contribution in [3.8, 4) is 0 Å². The number of nitrogens with zero attached hydrogens (tertiary/aromatic N) is 2. The van der Waals surface area contributed by atoms with Crippen molar-refractivity contribution in [2.75, 3.05) is 25.1 Å². The van der Waals surface area contributed by atoms with E-state index in [1.807, 2.05) is 0 Å². The van der Waals surface area contributed by atoms with Gasteiger partial charge in [0.15, 0.2) is 11.5 Å². The van der Waals surface area contributed by atoms with Gasteiger partial charge in [-0.25, -0.2) is 4.79 Å². The molecule has 3 rings (SSSR count). The number of benzene rings is 1. The number of amides is 1. The van der Waals surface area contributed by atoms with Gasteiger partial charge in [-0.15, -0.1) is 10.2 Å². The fourth-order valence-electron chi connectivity index (χ4n) is 2.67. The highest BCUT2D eigenvalue weighted by Crippen LogP contribution is 2.16. The van der Waals surface area contributed by atoms with Gasteiger partial charge in [0.05, 0.1) is 18.3 Å². The van der Waals surface area contributed by atoms with E-state index in [0.717, 1.165) is 25.1 Å². The van der Waals surface area contributed by atoms with Gasteiger partial charge in [0.2, 0.25) is 0 Å². The Hall–Kier alpha value is -3.00. The van der Waals surface area contributed by atoms with E-state index in [1.54, 1.807) is 43.3 Å². The number of carbonyl (C=O) groups is 2. The largest absolute Gasteiger partial charge is 0.462 e. The predicted molar refractivity (Wildman–Crippen MR) is 99.0 cm³/mol. The molecule has 8 nitrogen and oxygen atoms in total. The quantitative estimate of drug-likeness (QED) is 0.721. The molecule has 0 spiro atoms. The number of esters is 1. The number of aromatic nitrogens is 2. The van der Waals surface area contributed by atoms with Gasteiger partial charge in [-0.05, 0) is 56.2 Å². The highest BCUT2D eigenvalue weighted by Gasteiger charge is 2.17. The minimum Gasteiger partial charge on any atom is -0.462 e. The van der Waals surface area contributed by atoms with Crippen molar-refractivity contribution < 1.29 is 19.1 Å². The number of anilines is 2. The fraction of sp³-hybridized carbons (Fsp3) is 0.368. The number of nitrogens with one attached hydrogen (secondary N) is 2. The van der Waals surface area contributed by atoms with E-state index in [2.05, 4.69) is 20.8 Å². The van der Waals surface area contributed by atoms with Crippen LogP contribution in [-0.4, -0.2) is 47.9 Å². The molecule has 0 bridgehead atoms. The molecule has 1 aromatic carbocycles. The average Bonchev–Trinajstić information content (AvgIpc) is 3.21. The molecule has 2 N–H and O–H groups in total. The van der Waals surface area contributed by atoms with Crippen LogP contribution in [0.2, 0.25) is 0 Å². The van der Waals surface area contributed by atoms with E-state index < -0.39 is 0 Å². The maximum atomic E-state index is 12.1. The Kier molecular flexibility index (Phi) is 6.32.